The highest BCUT2D eigenvalue weighted by molar-refractivity contribution is 6.31. The van der Waals surface area contributed by atoms with Crippen LogP contribution in [0.5, 0.6) is 5.75 Å². The van der Waals surface area contributed by atoms with Crippen molar-refractivity contribution in [1.82, 2.24) is 4.98 Å². The Balaban J connectivity index is 3.30. The van der Waals surface area contributed by atoms with Crippen molar-refractivity contribution in [2.24, 2.45) is 0 Å². The fourth-order valence-electron chi connectivity index (χ4n) is 0.931. The third-order valence-corrected chi connectivity index (χ3v) is 1.98. The van der Waals surface area contributed by atoms with E-state index in [2.05, 4.69) is 4.98 Å². The molecule has 1 aromatic rings. The van der Waals surface area contributed by atoms with Crippen molar-refractivity contribution < 1.29 is 9.90 Å². The molecule has 1 aromatic heterocycles. The van der Waals surface area contributed by atoms with Gasteiger partial charge in [-0.1, -0.05) is 25.4 Å². The molecule has 4 heteroatoms. The van der Waals surface area contributed by atoms with Crippen LogP contribution in [0.25, 0.3) is 0 Å². The smallest absolute Gasteiger partial charge is 0.171 e. The van der Waals surface area contributed by atoms with Gasteiger partial charge in [0, 0.05) is 5.69 Å². The molecule has 3 nitrogen and oxygen atoms in total. The second kappa shape index (κ2) is 3.75. The second-order valence-corrected chi connectivity index (χ2v) is 3.41. The Kier molecular flexibility index (Phi) is 2.88. The molecule has 0 bridgehead atoms. The Morgan fingerprint density at radius 1 is 1.62 bits per heavy atom. The highest BCUT2D eigenvalue weighted by Crippen LogP contribution is 2.27. The lowest BCUT2D eigenvalue weighted by atomic mass is 10.1. The zero-order valence-corrected chi connectivity index (χ0v) is 8.17. The maximum absolute atomic E-state index is 10.5. The van der Waals surface area contributed by atoms with Crippen LogP contribution in [0.2, 0.25) is 5.15 Å². The number of aromatic hydroxyl groups is 1. The summed E-state index contributed by atoms with van der Waals surface area (Å²) in [7, 11) is 0. The van der Waals surface area contributed by atoms with Crippen LogP contribution in [-0.4, -0.2) is 16.4 Å². The molecular formula is C9H10ClNO2. The third-order valence-electron chi connectivity index (χ3n) is 1.72. The lowest BCUT2D eigenvalue weighted by Crippen LogP contribution is -1.96. The Morgan fingerprint density at radius 2 is 2.23 bits per heavy atom. The summed E-state index contributed by atoms with van der Waals surface area (Å²) in [6.07, 6.45) is 0.564. The molecule has 0 aliphatic heterocycles. The average molecular weight is 200 g/mol. The van der Waals surface area contributed by atoms with Crippen molar-refractivity contribution in [3.63, 3.8) is 0 Å². The number of nitrogens with zero attached hydrogens (tertiary/aromatic N) is 1. The first-order valence-electron chi connectivity index (χ1n) is 3.90. The summed E-state index contributed by atoms with van der Waals surface area (Å²) in [5.74, 6) is -0.0714. The molecule has 0 saturated heterocycles. The van der Waals surface area contributed by atoms with E-state index in [0.717, 1.165) is 0 Å². The fraction of sp³-hybridized carbons (Fsp3) is 0.333. The molecule has 1 N–H and O–H groups in total. The van der Waals surface area contributed by atoms with E-state index in [4.69, 9.17) is 11.6 Å². The lowest BCUT2D eigenvalue weighted by Gasteiger charge is -2.07. The molecule has 0 aliphatic rings. The maximum atomic E-state index is 10.5. The molecule has 0 unspecified atom stereocenters. The van der Waals surface area contributed by atoms with Crippen molar-refractivity contribution in [3.8, 4) is 5.75 Å². The van der Waals surface area contributed by atoms with Crippen LogP contribution in [0, 0.1) is 0 Å². The Labute approximate surface area is 81.4 Å². The summed E-state index contributed by atoms with van der Waals surface area (Å²) >= 11 is 5.62. The molecule has 1 heterocycles. The van der Waals surface area contributed by atoms with Crippen molar-refractivity contribution in [1.29, 1.82) is 0 Å². The second-order valence-electron chi connectivity index (χ2n) is 3.05. The van der Waals surface area contributed by atoms with Gasteiger partial charge in [0.1, 0.15) is 0 Å². The number of aromatic nitrogens is 1. The molecule has 0 atom stereocenters. The maximum Gasteiger partial charge on any atom is 0.171 e. The van der Waals surface area contributed by atoms with Crippen LogP contribution < -0.4 is 0 Å². The van der Waals surface area contributed by atoms with Gasteiger partial charge in [0.05, 0.1) is 5.56 Å². The zero-order chi connectivity index (χ0) is 10.0. The third kappa shape index (κ3) is 1.98. The molecule has 0 amide bonds. The SMILES string of the molecule is CC(C)c1cc(C=O)c(O)c(Cl)n1. The van der Waals surface area contributed by atoms with E-state index in [1.54, 1.807) is 6.07 Å². The lowest BCUT2D eigenvalue weighted by molar-refractivity contribution is 0.112. The summed E-state index contributed by atoms with van der Waals surface area (Å²) in [6, 6.07) is 1.54. The normalized spacial score (nSPS) is 10.5. The molecule has 70 valence electrons. The van der Waals surface area contributed by atoms with E-state index in [9.17, 15) is 9.90 Å². The Hall–Kier alpha value is -1.09. The minimum Gasteiger partial charge on any atom is -0.504 e. The van der Waals surface area contributed by atoms with Crippen LogP contribution in [-0.2, 0) is 0 Å². The monoisotopic (exact) mass is 199 g/mol. The van der Waals surface area contributed by atoms with Crippen LogP contribution >= 0.6 is 11.6 Å². The van der Waals surface area contributed by atoms with Crippen LogP contribution in [0.3, 0.4) is 0 Å². The molecule has 0 saturated carbocycles. The fourth-order valence-corrected chi connectivity index (χ4v) is 1.14. The minimum atomic E-state index is -0.249. The molecule has 0 spiro atoms. The van der Waals surface area contributed by atoms with Gasteiger partial charge in [-0.25, -0.2) is 4.98 Å². The largest absolute Gasteiger partial charge is 0.504 e. The van der Waals surface area contributed by atoms with Crippen molar-refractivity contribution in [2.45, 2.75) is 19.8 Å². The first kappa shape index (κ1) is 9.99. The predicted molar refractivity (Wildman–Crippen MR) is 50.4 cm³/mol. The van der Waals surface area contributed by atoms with Gasteiger partial charge in [0.2, 0.25) is 0 Å². The standard InChI is InChI=1S/C9H10ClNO2/c1-5(2)7-3-6(4-12)8(13)9(10)11-7/h3-5,13H,1-2H3. The highest BCUT2D eigenvalue weighted by Gasteiger charge is 2.10. The summed E-state index contributed by atoms with van der Waals surface area (Å²) in [5, 5.41) is 9.26. The van der Waals surface area contributed by atoms with Crippen molar-refractivity contribution >= 4 is 17.9 Å². The van der Waals surface area contributed by atoms with E-state index in [1.807, 2.05) is 13.8 Å². The van der Waals surface area contributed by atoms with Crippen molar-refractivity contribution in [3.05, 3.63) is 22.5 Å². The van der Waals surface area contributed by atoms with Gasteiger partial charge < -0.3 is 5.11 Å². The number of aldehydes is 1. The van der Waals surface area contributed by atoms with Gasteiger partial charge in [-0.3, -0.25) is 4.79 Å². The summed E-state index contributed by atoms with van der Waals surface area (Å²) in [6.45, 7) is 3.87. The molecule has 0 aliphatic carbocycles. The van der Waals surface area contributed by atoms with Gasteiger partial charge in [-0.05, 0) is 12.0 Å². The number of halogens is 1. The number of hydrogen-bond donors (Lipinski definition) is 1. The average Bonchev–Trinajstić information content (AvgIpc) is 2.09. The van der Waals surface area contributed by atoms with E-state index in [0.29, 0.717) is 12.0 Å². The molecule has 0 fully saturated rings. The van der Waals surface area contributed by atoms with Crippen molar-refractivity contribution in [2.75, 3.05) is 0 Å². The van der Waals surface area contributed by atoms with Gasteiger partial charge in [-0.2, -0.15) is 0 Å². The van der Waals surface area contributed by atoms with Gasteiger partial charge in [0.15, 0.2) is 17.2 Å². The number of carbonyl (C=O) groups excluding carboxylic acids is 1. The highest BCUT2D eigenvalue weighted by atomic mass is 35.5. The Morgan fingerprint density at radius 3 is 2.69 bits per heavy atom. The van der Waals surface area contributed by atoms with Crippen LogP contribution in [0.4, 0.5) is 0 Å². The zero-order valence-electron chi connectivity index (χ0n) is 7.41. The summed E-state index contributed by atoms with van der Waals surface area (Å²) < 4.78 is 0. The number of rotatable bonds is 2. The molecule has 1 rings (SSSR count). The van der Waals surface area contributed by atoms with Crippen LogP contribution in [0.1, 0.15) is 35.8 Å². The molecule has 0 aromatic carbocycles. The number of carbonyl (C=O) groups is 1. The number of hydrogen-bond acceptors (Lipinski definition) is 3. The van der Waals surface area contributed by atoms with Gasteiger partial charge in [-0.15, -0.1) is 0 Å². The summed E-state index contributed by atoms with van der Waals surface area (Å²) in [5.41, 5.74) is 0.883. The van der Waals surface area contributed by atoms with E-state index < -0.39 is 0 Å². The Bertz CT molecular complexity index is 337. The minimum absolute atomic E-state index is 0.0201. The quantitative estimate of drug-likeness (QED) is 0.588. The first-order chi connectivity index (χ1) is 6.06. The van der Waals surface area contributed by atoms with E-state index >= 15 is 0 Å². The topological polar surface area (TPSA) is 50.2 Å². The molecule has 0 radical (unpaired) electrons. The summed E-state index contributed by atoms with van der Waals surface area (Å²) in [4.78, 5) is 14.4. The predicted octanol–water partition coefficient (Wildman–Crippen LogP) is 2.38. The van der Waals surface area contributed by atoms with Gasteiger partial charge in [0.25, 0.3) is 0 Å². The van der Waals surface area contributed by atoms with E-state index in [1.165, 1.54) is 0 Å². The van der Waals surface area contributed by atoms with E-state index in [-0.39, 0.29) is 22.4 Å². The van der Waals surface area contributed by atoms with Gasteiger partial charge >= 0.3 is 0 Å². The van der Waals surface area contributed by atoms with Crippen LogP contribution in [0.15, 0.2) is 6.07 Å². The first-order valence-corrected chi connectivity index (χ1v) is 4.28. The molecule has 13 heavy (non-hydrogen) atoms. The number of pyridine rings is 1. The molecular weight excluding hydrogens is 190 g/mol.